The van der Waals surface area contributed by atoms with Crippen molar-refractivity contribution < 1.29 is 20.1 Å². The number of ether oxygens (including phenoxy) is 1. The molecule has 0 aliphatic rings. The molecule has 5 heteroatoms. The number of hydrogen-bond donors (Lipinski definition) is 2. The van der Waals surface area contributed by atoms with Crippen molar-refractivity contribution >= 4 is 11.9 Å². The lowest BCUT2D eigenvalue weighted by molar-refractivity contribution is -0.404. The Labute approximate surface area is 83.8 Å². The highest BCUT2D eigenvalue weighted by atomic mass is 16.6. The summed E-state index contributed by atoms with van der Waals surface area (Å²) >= 11 is 0. The predicted octanol–water partition coefficient (Wildman–Crippen LogP) is -0.796. The summed E-state index contributed by atoms with van der Waals surface area (Å²) in [6.07, 6.45) is 0.513. The van der Waals surface area contributed by atoms with Crippen LogP contribution in [0.5, 0.6) is 0 Å². The molecule has 0 bridgehead atoms. The number of primary amides is 1. The van der Waals surface area contributed by atoms with Crippen LogP contribution < -0.4 is 11.5 Å². The highest BCUT2D eigenvalue weighted by Gasteiger charge is 2.19. The number of carbonyl (C=O) groups is 2. The van der Waals surface area contributed by atoms with Crippen LogP contribution in [0.3, 0.4) is 0 Å². The lowest BCUT2D eigenvalue weighted by atomic mass is 10.1. The van der Waals surface area contributed by atoms with Crippen LogP contribution in [0.15, 0.2) is 0 Å². The molecular weight excluding hydrogens is 184 g/mol. The van der Waals surface area contributed by atoms with E-state index in [1.54, 1.807) is 20.8 Å². The third-order valence-corrected chi connectivity index (χ3v) is 1.52. The summed E-state index contributed by atoms with van der Waals surface area (Å²) in [4.78, 5) is 21.8. The highest BCUT2D eigenvalue weighted by Crippen LogP contribution is 2.09. The molecular formula is C9H19N2O3+. The molecule has 14 heavy (non-hydrogen) atoms. The number of rotatable bonds is 4. The quantitative estimate of drug-likeness (QED) is 0.585. The summed E-state index contributed by atoms with van der Waals surface area (Å²) in [5.74, 6) is -0.819. The molecule has 0 aromatic carbocycles. The van der Waals surface area contributed by atoms with E-state index in [1.165, 1.54) is 0 Å². The number of nitrogens with two attached hydrogens (primary N) is 1. The van der Waals surface area contributed by atoms with Gasteiger partial charge in [0.15, 0.2) is 6.04 Å². The maximum Gasteiger partial charge on any atom is 0.306 e. The van der Waals surface area contributed by atoms with Crippen LogP contribution in [0.1, 0.15) is 33.6 Å². The fraction of sp³-hybridized carbons (Fsp3) is 0.778. The van der Waals surface area contributed by atoms with E-state index in [1.807, 2.05) is 0 Å². The van der Waals surface area contributed by atoms with Gasteiger partial charge in [-0.15, -0.1) is 0 Å². The minimum absolute atomic E-state index is 0.175. The normalized spacial score (nSPS) is 13.4. The zero-order valence-corrected chi connectivity index (χ0v) is 9.00. The van der Waals surface area contributed by atoms with E-state index in [4.69, 9.17) is 10.5 Å². The van der Waals surface area contributed by atoms with E-state index in [0.717, 1.165) is 0 Å². The van der Waals surface area contributed by atoms with Crippen molar-refractivity contribution in [3.8, 4) is 0 Å². The standard InChI is InChI=1S/C9H18N2O3/c1-9(2,3)14-7(12)5-4-6(10)8(11)13/h6H,4-5,10H2,1-3H3,(H2,11,13)/p+1/t6-/m0/s1. The average Bonchev–Trinajstić information content (AvgIpc) is 1.96. The van der Waals surface area contributed by atoms with Crippen molar-refractivity contribution in [1.82, 2.24) is 0 Å². The Kier molecular flexibility index (Phi) is 4.56. The molecule has 0 spiro atoms. The van der Waals surface area contributed by atoms with Crippen LogP contribution in [0.2, 0.25) is 0 Å². The third kappa shape index (κ3) is 6.42. The molecule has 0 aromatic rings. The fourth-order valence-corrected chi connectivity index (χ4v) is 0.827. The Bertz CT molecular complexity index is 221. The van der Waals surface area contributed by atoms with Gasteiger partial charge in [-0.05, 0) is 20.8 Å². The molecule has 0 aliphatic heterocycles. The van der Waals surface area contributed by atoms with Crippen LogP contribution in [-0.2, 0) is 14.3 Å². The number of carbonyl (C=O) groups excluding carboxylic acids is 2. The Hall–Kier alpha value is -1.10. The van der Waals surface area contributed by atoms with Crippen molar-refractivity contribution in [3.05, 3.63) is 0 Å². The summed E-state index contributed by atoms with van der Waals surface area (Å²) in [7, 11) is 0. The Balaban J connectivity index is 3.81. The van der Waals surface area contributed by atoms with Crippen LogP contribution in [0.25, 0.3) is 0 Å². The molecule has 1 amide bonds. The first-order chi connectivity index (χ1) is 6.22. The van der Waals surface area contributed by atoms with Crippen molar-refractivity contribution in [2.24, 2.45) is 5.73 Å². The number of amides is 1. The van der Waals surface area contributed by atoms with Crippen LogP contribution in [0.4, 0.5) is 0 Å². The average molecular weight is 203 g/mol. The van der Waals surface area contributed by atoms with E-state index < -0.39 is 17.6 Å². The van der Waals surface area contributed by atoms with Gasteiger partial charge in [-0.3, -0.25) is 9.59 Å². The molecule has 0 unspecified atom stereocenters. The van der Waals surface area contributed by atoms with Crippen molar-refractivity contribution in [2.45, 2.75) is 45.3 Å². The smallest absolute Gasteiger partial charge is 0.306 e. The van der Waals surface area contributed by atoms with Crippen molar-refractivity contribution in [2.75, 3.05) is 0 Å². The second-order valence-electron chi connectivity index (χ2n) is 4.22. The van der Waals surface area contributed by atoms with Gasteiger partial charge >= 0.3 is 5.97 Å². The molecule has 0 saturated heterocycles. The van der Waals surface area contributed by atoms with Crippen LogP contribution in [0, 0.1) is 0 Å². The van der Waals surface area contributed by atoms with Gasteiger partial charge in [-0.2, -0.15) is 0 Å². The zero-order valence-electron chi connectivity index (χ0n) is 9.00. The summed E-state index contributed by atoms with van der Waals surface area (Å²) in [5.41, 5.74) is 8.03. The minimum atomic E-state index is -0.525. The second kappa shape index (κ2) is 4.95. The van der Waals surface area contributed by atoms with E-state index in [0.29, 0.717) is 6.42 Å². The Morgan fingerprint density at radius 3 is 2.29 bits per heavy atom. The SMILES string of the molecule is CC(C)(C)OC(=O)CC[C@H]([NH3+])C(N)=O. The van der Waals surface area contributed by atoms with Crippen LogP contribution in [-0.4, -0.2) is 23.5 Å². The van der Waals surface area contributed by atoms with Gasteiger partial charge < -0.3 is 16.2 Å². The Morgan fingerprint density at radius 2 is 1.93 bits per heavy atom. The summed E-state index contributed by atoms with van der Waals surface area (Å²) in [5, 5.41) is 0. The highest BCUT2D eigenvalue weighted by molar-refractivity contribution is 5.79. The molecule has 0 heterocycles. The van der Waals surface area contributed by atoms with Gasteiger partial charge in [0.1, 0.15) is 5.60 Å². The maximum atomic E-state index is 11.2. The van der Waals surface area contributed by atoms with E-state index in [9.17, 15) is 9.59 Å². The van der Waals surface area contributed by atoms with Gasteiger partial charge in [0, 0.05) is 6.42 Å². The second-order valence-corrected chi connectivity index (χ2v) is 4.22. The first kappa shape index (κ1) is 12.9. The van der Waals surface area contributed by atoms with E-state index in [-0.39, 0.29) is 12.4 Å². The van der Waals surface area contributed by atoms with Crippen molar-refractivity contribution in [1.29, 1.82) is 0 Å². The molecule has 0 aliphatic carbocycles. The zero-order chi connectivity index (χ0) is 11.4. The number of quaternary nitrogens is 1. The Morgan fingerprint density at radius 1 is 1.43 bits per heavy atom. The summed E-state index contributed by atoms with van der Waals surface area (Å²) in [6.45, 7) is 5.38. The first-order valence-electron chi connectivity index (χ1n) is 4.56. The topological polar surface area (TPSA) is 97.0 Å². The van der Waals surface area contributed by atoms with Crippen molar-refractivity contribution in [3.63, 3.8) is 0 Å². The molecule has 5 nitrogen and oxygen atoms in total. The monoisotopic (exact) mass is 203 g/mol. The lowest BCUT2D eigenvalue weighted by Crippen LogP contribution is -2.66. The van der Waals surface area contributed by atoms with Gasteiger partial charge in [0.25, 0.3) is 5.91 Å². The van der Waals surface area contributed by atoms with Gasteiger partial charge in [0.2, 0.25) is 0 Å². The van der Waals surface area contributed by atoms with Crippen LogP contribution >= 0.6 is 0 Å². The molecule has 82 valence electrons. The van der Waals surface area contributed by atoms with Gasteiger partial charge in [0.05, 0.1) is 6.42 Å². The molecule has 1 atom stereocenters. The predicted molar refractivity (Wildman–Crippen MR) is 50.9 cm³/mol. The summed E-state index contributed by atoms with van der Waals surface area (Å²) in [6, 6.07) is -0.525. The fourth-order valence-electron chi connectivity index (χ4n) is 0.827. The van der Waals surface area contributed by atoms with Gasteiger partial charge in [-0.1, -0.05) is 0 Å². The maximum absolute atomic E-state index is 11.2. The first-order valence-corrected chi connectivity index (χ1v) is 4.56. The number of esters is 1. The molecule has 0 rings (SSSR count). The largest absolute Gasteiger partial charge is 0.460 e. The van der Waals surface area contributed by atoms with E-state index in [2.05, 4.69) is 5.73 Å². The molecule has 0 radical (unpaired) electrons. The minimum Gasteiger partial charge on any atom is -0.460 e. The molecule has 0 saturated carbocycles. The molecule has 5 N–H and O–H groups in total. The number of hydrogen-bond acceptors (Lipinski definition) is 3. The lowest BCUT2D eigenvalue weighted by Gasteiger charge is -2.19. The molecule has 0 fully saturated rings. The van der Waals surface area contributed by atoms with Gasteiger partial charge in [-0.25, -0.2) is 0 Å². The van der Waals surface area contributed by atoms with E-state index >= 15 is 0 Å². The summed E-state index contributed by atoms with van der Waals surface area (Å²) < 4.78 is 5.05. The molecule has 0 aromatic heterocycles. The third-order valence-electron chi connectivity index (χ3n) is 1.52.